The van der Waals surface area contributed by atoms with E-state index in [1.807, 2.05) is 0 Å². The van der Waals surface area contributed by atoms with Crippen molar-refractivity contribution in [3.8, 4) is 5.75 Å². The second-order valence-electron chi connectivity index (χ2n) is 3.48. The number of phosphoric acid groups is 1. The summed E-state index contributed by atoms with van der Waals surface area (Å²) in [6.07, 6.45) is 0. The van der Waals surface area contributed by atoms with Crippen LogP contribution in [0.4, 0.5) is 11.4 Å². The van der Waals surface area contributed by atoms with E-state index in [0.29, 0.717) is 6.07 Å². The van der Waals surface area contributed by atoms with Crippen LogP contribution in [-0.2, 0) is 14.0 Å². The zero-order chi connectivity index (χ0) is 16.2. The van der Waals surface area contributed by atoms with Crippen molar-refractivity contribution in [2.75, 3.05) is 0 Å². The Morgan fingerprint density at radius 1 is 1.33 bits per heavy atom. The van der Waals surface area contributed by atoms with Gasteiger partial charge in [-0.1, -0.05) is 0 Å². The zero-order valence-corrected chi connectivity index (χ0v) is 11.2. The van der Waals surface area contributed by atoms with Crippen molar-refractivity contribution in [1.82, 2.24) is 5.48 Å². The lowest BCUT2D eigenvalue weighted by molar-refractivity contribution is -0.394. The Morgan fingerprint density at radius 2 is 1.95 bits per heavy atom. The van der Waals surface area contributed by atoms with Crippen LogP contribution in [0.1, 0.15) is 6.92 Å². The molecule has 0 spiro atoms. The van der Waals surface area contributed by atoms with E-state index in [2.05, 4.69) is 9.15 Å². The first-order chi connectivity index (χ1) is 9.62. The molecule has 0 aliphatic carbocycles. The van der Waals surface area contributed by atoms with Crippen LogP contribution >= 0.6 is 7.82 Å². The summed E-state index contributed by atoms with van der Waals surface area (Å²) in [4.78, 5) is 39.1. The van der Waals surface area contributed by atoms with Crippen molar-refractivity contribution in [1.29, 1.82) is 0 Å². The van der Waals surface area contributed by atoms with Gasteiger partial charge < -0.3 is 4.52 Å². The number of nitrogens with one attached hydrogen (secondary N) is 1. The van der Waals surface area contributed by atoms with Crippen LogP contribution in [0.5, 0.6) is 5.75 Å². The minimum atomic E-state index is -4.88. The van der Waals surface area contributed by atoms with Crippen LogP contribution in [0, 0.1) is 20.2 Å². The van der Waals surface area contributed by atoms with Gasteiger partial charge in [-0.3, -0.25) is 29.9 Å². The summed E-state index contributed by atoms with van der Waals surface area (Å²) in [7, 11) is -4.88. The van der Waals surface area contributed by atoms with E-state index in [9.17, 15) is 34.5 Å². The molecule has 1 aromatic rings. The number of non-ortho nitro benzene ring substituents is 1. The van der Waals surface area contributed by atoms with Crippen LogP contribution in [0.2, 0.25) is 0 Å². The number of nitro groups is 2. The third-order valence-electron chi connectivity index (χ3n) is 1.87. The highest BCUT2D eigenvalue weighted by Crippen LogP contribution is 2.46. The number of phosphoric ester groups is 1. The van der Waals surface area contributed by atoms with Gasteiger partial charge in [0.25, 0.3) is 5.69 Å². The van der Waals surface area contributed by atoms with Crippen LogP contribution in [0.3, 0.4) is 0 Å². The topological polar surface area (TPSA) is 171 Å². The van der Waals surface area contributed by atoms with Crippen molar-refractivity contribution in [3.63, 3.8) is 0 Å². The molecule has 13 heteroatoms. The minimum absolute atomic E-state index is 0.549. The Bertz CT molecular complexity index is 646. The molecule has 0 aliphatic heterocycles. The summed E-state index contributed by atoms with van der Waals surface area (Å²) in [5.41, 5.74) is 0.0102. The fraction of sp³-hybridized carbons (Fsp3) is 0.125. The van der Waals surface area contributed by atoms with Crippen LogP contribution < -0.4 is 10.0 Å². The summed E-state index contributed by atoms with van der Waals surface area (Å²) in [6, 6.07) is 2.14. The highest BCUT2D eigenvalue weighted by atomic mass is 31.2. The highest BCUT2D eigenvalue weighted by molar-refractivity contribution is 7.47. The number of benzene rings is 1. The van der Waals surface area contributed by atoms with Gasteiger partial charge in [-0.15, -0.1) is 0 Å². The van der Waals surface area contributed by atoms with E-state index in [-0.39, 0.29) is 0 Å². The van der Waals surface area contributed by atoms with Gasteiger partial charge >= 0.3 is 13.5 Å². The number of carbonyl (C=O) groups excluding carboxylic acids is 1. The molecule has 2 N–H and O–H groups in total. The molecule has 21 heavy (non-hydrogen) atoms. The lowest BCUT2D eigenvalue weighted by atomic mass is 10.2. The molecule has 1 aromatic carbocycles. The van der Waals surface area contributed by atoms with E-state index in [4.69, 9.17) is 0 Å². The molecule has 1 rings (SSSR count). The summed E-state index contributed by atoms with van der Waals surface area (Å²) in [6.45, 7) is 0.980. The van der Waals surface area contributed by atoms with E-state index in [0.717, 1.165) is 19.1 Å². The number of hydroxylamine groups is 1. The number of nitro benzene ring substituents is 2. The van der Waals surface area contributed by atoms with Gasteiger partial charge in [0.15, 0.2) is 0 Å². The maximum atomic E-state index is 11.4. The Hall–Kier alpha value is -2.56. The number of hydrogen-bond acceptors (Lipinski definition) is 8. The normalized spacial score (nSPS) is 13.0. The van der Waals surface area contributed by atoms with Gasteiger partial charge in [-0.2, -0.15) is 4.62 Å². The first-order valence-electron chi connectivity index (χ1n) is 5.03. The standard InChI is InChI=1S/C8H8N3O9P/c1-5(12)9-20-21(17,18)19-8-3-2-6(10(13)14)4-7(8)11(15)16/h2-4H,1H3,(H,9,12)(H,17,18). The minimum Gasteiger partial charge on any atom is -0.396 e. The van der Waals surface area contributed by atoms with Gasteiger partial charge in [0.05, 0.1) is 15.9 Å². The van der Waals surface area contributed by atoms with Gasteiger partial charge in [0.1, 0.15) is 0 Å². The van der Waals surface area contributed by atoms with Crippen molar-refractivity contribution in [2.45, 2.75) is 6.92 Å². The van der Waals surface area contributed by atoms with Crippen LogP contribution in [0.15, 0.2) is 18.2 Å². The number of amides is 1. The number of hydrogen-bond donors (Lipinski definition) is 2. The largest absolute Gasteiger partial charge is 0.549 e. The second-order valence-corrected chi connectivity index (χ2v) is 4.78. The summed E-state index contributed by atoms with van der Waals surface area (Å²) < 4.78 is 19.9. The van der Waals surface area contributed by atoms with Crippen molar-refractivity contribution in [2.24, 2.45) is 0 Å². The van der Waals surface area contributed by atoms with Gasteiger partial charge in [-0.25, -0.2) is 10.0 Å². The molecule has 1 amide bonds. The Labute approximate surface area is 116 Å². The molecule has 0 bridgehead atoms. The van der Waals surface area contributed by atoms with Crippen molar-refractivity contribution < 1.29 is 33.2 Å². The number of rotatable bonds is 6. The van der Waals surface area contributed by atoms with Crippen LogP contribution in [-0.4, -0.2) is 20.6 Å². The molecule has 0 aromatic heterocycles. The average Bonchev–Trinajstić information content (AvgIpc) is 2.36. The zero-order valence-electron chi connectivity index (χ0n) is 10.3. The van der Waals surface area contributed by atoms with E-state index in [1.165, 1.54) is 5.48 Å². The predicted molar refractivity (Wildman–Crippen MR) is 65.1 cm³/mol. The lowest BCUT2D eigenvalue weighted by Gasteiger charge is -2.12. The van der Waals surface area contributed by atoms with Gasteiger partial charge in [-0.05, 0) is 6.07 Å². The molecule has 0 saturated heterocycles. The number of nitrogens with zero attached hydrogens (tertiary/aromatic N) is 2. The van der Waals surface area contributed by atoms with Gasteiger partial charge in [0, 0.05) is 13.0 Å². The second kappa shape index (κ2) is 6.26. The average molecular weight is 321 g/mol. The fourth-order valence-corrected chi connectivity index (χ4v) is 1.79. The third kappa shape index (κ3) is 4.80. The highest BCUT2D eigenvalue weighted by Gasteiger charge is 2.30. The molecule has 1 atom stereocenters. The predicted octanol–water partition coefficient (Wildman–Crippen LogP) is 1.05. The lowest BCUT2D eigenvalue weighted by Crippen LogP contribution is -2.20. The first kappa shape index (κ1) is 16.5. The fourth-order valence-electron chi connectivity index (χ4n) is 1.10. The molecule has 114 valence electrons. The van der Waals surface area contributed by atoms with E-state index in [1.54, 1.807) is 0 Å². The van der Waals surface area contributed by atoms with E-state index >= 15 is 0 Å². The molecule has 12 nitrogen and oxygen atoms in total. The smallest absolute Gasteiger partial charge is 0.396 e. The molecule has 0 aliphatic rings. The molecular formula is C8H8N3O9P. The molecular weight excluding hydrogens is 313 g/mol. The Balaban J connectivity index is 3.07. The summed E-state index contributed by atoms with van der Waals surface area (Å²) in [5, 5.41) is 21.3. The monoisotopic (exact) mass is 321 g/mol. The Morgan fingerprint density at radius 3 is 2.43 bits per heavy atom. The first-order valence-corrected chi connectivity index (χ1v) is 6.52. The molecule has 0 radical (unpaired) electrons. The van der Waals surface area contributed by atoms with E-state index < -0.39 is 40.7 Å². The Kier molecular flexibility index (Phi) is 4.92. The third-order valence-corrected chi connectivity index (χ3v) is 2.62. The van der Waals surface area contributed by atoms with Gasteiger partial charge in [0.2, 0.25) is 11.7 Å². The molecule has 1 unspecified atom stereocenters. The van der Waals surface area contributed by atoms with Crippen molar-refractivity contribution in [3.05, 3.63) is 38.4 Å². The van der Waals surface area contributed by atoms with Crippen LogP contribution in [0.25, 0.3) is 0 Å². The molecule has 0 fully saturated rings. The van der Waals surface area contributed by atoms with Crippen molar-refractivity contribution >= 4 is 25.1 Å². The SMILES string of the molecule is CC(=O)NOP(=O)(O)Oc1ccc([N+](=O)[O-])cc1[N+](=O)[O-]. The molecule has 0 heterocycles. The maximum absolute atomic E-state index is 11.4. The maximum Gasteiger partial charge on any atom is 0.549 e. The summed E-state index contributed by atoms with van der Waals surface area (Å²) >= 11 is 0. The summed E-state index contributed by atoms with van der Waals surface area (Å²) in [5.74, 6) is -1.55. The number of carbonyl (C=O) groups is 1. The quantitative estimate of drug-likeness (QED) is 0.441. The molecule has 0 saturated carbocycles.